The Morgan fingerprint density at radius 3 is 2.32 bits per heavy atom. The number of carbonyl (C=O) groups is 1. The molecule has 0 saturated carbocycles. The average molecular weight is 330 g/mol. The van der Waals surface area contributed by atoms with E-state index < -0.39 is 0 Å². The maximum absolute atomic E-state index is 12.3. The van der Waals surface area contributed by atoms with Crippen LogP contribution in [0.4, 0.5) is 0 Å². The van der Waals surface area contributed by atoms with Gasteiger partial charge in [0.05, 0.1) is 0 Å². The number of ketones is 1. The molecule has 0 heterocycles. The highest BCUT2D eigenvalue weighted by molar-refractivity contribution is 5.86. The van der Waals surface area contributed by atoms with Crippen LogP contribution in [0, 0.1) is 0 Å². The van der Waals surface area contributed by atoms with Crippen molar-refractivity contribution >= 4 is 16.6 Å². The molecule has 0 bridgehead atoms. The second-order valence-corrected chi connectivity index (χ2v) is 6.82. The standard InChI is InChI=1S/C24H26O/c1-2-7-19-8-5-9-20(16-19)10-6-13-24(25)18-21-14-15-22-11-3-4-12-23(22)17-21/h3-5,8-9,11-12,14-17H,2,6-7,10,13,18H2,1H3. The summed E-state index contributed by atoms with van der Waals surface area (Å²) in [5.41, 5.74) is 3.88. The summed E-state index contributed by atoms with van der Waals surface area (Å²) in [6.45, 7) is 2.21. The Morgan fingerprint density at radius 1 is 0.760 bits per heavy atom. The van der Waals surface area contributed by atoms with Crippen molar-refractivity contribution in [2.45, 2.75) is 45.4 Å². The summed E-state index contributed by atoms with van der Waals surface area (Å²) in [7, 11) is 0. The quantitative estimate of drug-likeness (QED) is 0.500. The third kappa shape index (κ3) is 5.03. The number of hydrogen-bond donors (Lipinski definition) is 0. The van der Waals surface area contributed by atoms with Gasteiger partial charge in [0.2, 0.25) is 0 Å². The van der Waals surface area contributed by atoms with Crippen molar-refractivity contribution in [3.8, 4) is 0 Å². The Morgan fingerprint density at radius 2 is 1.52 bits per heavy atom. The van der Waals surface area contributed by atoms with Gasteiger partial charge in [0.1, 0.15) is 5.78 Å². The molecule has 25 heavy (non-hydrogen) atoms. The van der Waals surface area contributed by atoms with Crippen LogP contribution in [-0.4, -0.2) is 5.78 Å². The molecular formula is C24H26O. The lowest BCUT2D eigenvalue weighted by molar-refractivity contribution is -0.118. The normalized spacial score (nSPS) is 10.9. The van der Waals surface area contributed by atoms with Gasteiger partial charge in [0.15, 0.2) is 0 Å². The van der Waals surface area contributed by atoms with Crippen LogP contribution in [0.3, 0.4) is 0 Å². The summed E-state index contributed by atoms with van der Waals surface area (Å²) in [5, 5.41) is 2.44. The van der Waals surface area contributed by atoms with E-state index in [-0.39, 0.29) is 0 Å². The predicted octanol–water partition coefficient (Wildman–Crippen LogP) is 5.93. The summed E-state index contributed by atoms with van der Waals surface area (Å²) >= 11 is 0. The van der Waals surface area contributed by atoms with E-state index in [0.717, 1.165) is 24.8 Å². The molecule has 1 nitrogen and oxygen atoms in total. The first-order valence-corrected chi connectivity index (χ1v) is 9.32. The molecule has 0 aliphatic heterocycles. The van der Waals surface area contributed by atoms with Crippen LogP contribution in [0.2, 0.25) is 0 Å². The topological polar surface area (TPSA) is 17.1 Å². The van der Waals surface area contributed by atoms with E-state index in [1.54, 1.807) is 0 Å². The number of benzene rings is 3. The highest BCUT2D eigenvalue weighted by atomic mass is 16.1. The molecule has 0 spiro atoms. The van der Waals surface area contributed by atoms with E-state index in [1.807, 2.05) is 12.1 Å². The zero-order valence-electron chi connectivity index (χ0n) is 15.0. The molecular weight excluding hydrogens is 304 g/mol. The Labute approximate surface area is 150 Å². The third-order valence-electron chi connectivity index (χ3n) is 4.67. The Balaban J connectivity index is 1.51. The van der Waals surface area contributed by atoms with E-state index in [4.69, 9.17) is 0 Å². The van der Waals surface area contributed by atoms with Gasteiger partial charge < -0.3 is 0 Å². The van der Waals surface area contributed by atoms with Crippen LogP contribution in [0.25, 0.3) is 10.8 Å². The molecule has 128 valence electrons. The second-order valence-electron chi connectivity index (χ2n) is 6.82. The lowest BCUT2D eigenvalue weighted by Gasteiger charge is -2.06. The molecule has 0 aliphatic carbocycles. The summed E-state index contributed by atoms with van der Waals surface area (Å²) in [4.78, 5) is 12.3. The van der Waals surface area contributed by atoms with Gasteiger partial charge in [-0.15, -0.1) is 0 Å². The van der Waals surface area contributed by atoms with Crippen LogP contribution in [0.15, 0.2) is 66.7 Å². The SMILES string of the molecule is CCCc1cccc(CCCC(=O)Cc2ccc3ccccc3c2)c1. The number of hydrogen-bond acceptors (Lipinski definition) is 1. The van der Waals surface area contributed by atoms with Gasteiger partial charge in [-0.05, 0) is 46.7 Å². The van der Waals surface area contributed by atoms with Gasteiger partial charge in [-0.2, -0.15) is 0 Å². The molecule has 0 atom stereocenters. The minimum Gasteiger partial charge on any atom is -0.299 e. The lowest BCUT2D eigenvalue weighted by atomic mass is 9.99. The Kier molecular flexibility index (Phi) is 6.00. The van der Waals surface area contributed by atoms with E-state index in [0.29, 0.717) is 18.6 Å². The molecule has 3 aromatic carbocycles. The van der Waals surface area contributed by atoms with Gasteiger partial charge in [0, 0.05) is 12.8 Å². The zero-order valence-corrected chi connectivity index (χ0v) is 15.0. The molecule has 0 aromatic heterocycles. The van der Waals surface area contributed by atoms with E-state index in [2.05, 4.69) is 61.5 Å². The Hall–Kier alpha value is -2.41. The van der Waals surface area contributed by atoms with Crippen LogP contribution in [0.1, 0.15) is 42.9 Å². The lowest BCUT2D eigenvalue weighted by Crippen LogP contribution is -2.03. The number of fused-ring (bicyclic) bond motifs is 1. The summed E-state index contributed by atoms with van der Waals surface area (Å²) in [5.74, 6) is 0.333. The molecule has 3 aromatic rings. The first-order valence-electron chi connectivity index (χ1n) is 9.32. The fraction of sp³-hybridized carbons (Fsp3) is 0.292. The van der Waals surface area contributed by atoms with Crippen molar-refractivity contribution in [2.24, 2.45) is 0 Å². The fourth-order valence-corrected chi connectivity index (χ4v) is 3.38. The second kappa shape index (κ2) is 8.62. The molecule has 0 aliphatic rings. The summed E-state index contributed by atoms with van der Waals surface area (Å²) in [6.07, 6.45) is 5.43. The van der Waals surface area contributed by atoms with Crippen LogP contribution in [-0.2, 0) is 24.1 Å². The first-order chi connectivity index (χ1) is 12.2. The van der Waals surface area contributed by atoms with Crippen LogP contribution < -0.4 is 0 Å². The number of carbonyl (C=O) groups excluding carboxylic acids is 1. The van der Waals surface area contributed by atoms with Crippen molar-refractivity contribution in [2.75, 3.05) is 0 Å². The molecule has 3 rings (SSSR count). The highest BCUT2D eigenvalue weighted by Gasteiger charge is 2.05. The molecule has 0 unspecified atom stereocenters. The Bertz CT molecular complexity index is 847. The minimum atomic E-state index is 0.333. The van der Waals surface area contributed by atoms with Crippen molar-refractivity contribution in [1.29, 1.82) is 0 Å². The minimum absolute atomic E-state index is 0.333. The van der Waals surface area contributed by atoms with Crippen LogP contribution >= 0.6 is 0 Å². The van der Waals surface area contributed by atoms with Gasteiger partial charge >= 0.3 is 0 Å². The van der Waals surface area contributed by atoms with Crippen LogP contribution in [0.5, 0.6) is 0 Å². The maximum Gasteiger partial charge on any atom is 0.137 e. The van der Waals surface area contributed by atoms with Gasteiger partial charge in [-0.1, -0.05) is 80.1 Å². The van der Waals surface area contributed by atoms with Crippen molar-refractivity contribution < 1.29 is 4.79 Å². The van der Waals surface area contributed by atoms with Gasteiger partial charge in [-0.25, -0.2) is 0 Å². The fourth-order valence-electron chi connectivity index (χ4n) is 3.38. The summed E-state index contributed by atoms with van der Waals surface area (Å²) in [6, 6.07) is 23.4. The monoisotopic (exact) mass is 330 g/mol. The van der Waals surface area contributed by atoms with Crippen molar-refractivity contribution in [3.05, 3.63) is 83.4 Å². The van der Waals surface area contributed by atoms with E-state index >= 15 is 0 Å². The predicted molar refractivity (Wildman–Crippen MR) is 106 cm³/mol. The molecule has 0 saturated heterocycles. The number of aryl methyl sites for hydroxylation is 2. The summed E-state index contributed by atoms with van der Waals surface area (Å²) < 4.78 is 0. The highest BCUT2D eigenvalue weighted by Crippen LogP contribution is 2.17. The average Bonchev–Trinajstić information content (AvgIpc) is 2.62. The number of rotatable bonds is 8. The van der Waals surface area contributed by atoms with Crippen molar-refractivity contribution in [1.82, 2.24) is 0 Å². The molecule has 0 radical (unpaired) electrons. The third-order valence-corrected chi connectivity index (χ3v) is 4.67. The molecule has 0 N–H and O–H groups in total. The van der Waals surface area contributed by atoms with E-state index in [1.165, 1.54) is 28.3 Å². The molecule has 0 amide bonds. The number of Topliss-reactive ketones (excluding diaryl/α,β-unsaturated/α-hetero) is 1. The largest absolute Gasteiger partial charge is 0.299 e. The maximum atomic E-state index is 12.3. The van der Waals surface area contributed by atoms with E-state index in [9.17, 15) is 4.79 Å². The smallest absolute Gasteiger partial charge is 0.137 e. The molecule has 0 fully saturated rings. The molecule has 1 heteroatoms. The zero-order chi connectivity index (χ0) is 17.5. The first kappa shape index (κ1) is 17.4. The van der Waals surface area contributed by atoms with Crippen molar-refractivity contribution in [3.63, 3.8) is 0 Å². The van der Waals surface area contributed by atoms with Gasteiger partial charge in [0.25, 0.3) is 0 Å². The van der Waals surface area contributed by atoms with Gasteiger partial charge in [-0.3, -0.25) is 4.79 Å².